The highest BCUT2D eigenvalue weighted by Crippen LogP contribution is 2.13. The second kappa shape index (κ2) is 10.6. The summed E-state index contributed by atoms with van der Waals surface area (Å²) in [4.78, 5) is 23.9. The van der Waals surface area contributed by atoms with E-state index in [1.54, 1.807) is 6.92 Å². The molecule has 0 aliphatic carbocycles. The van der Waals surface area contributed by atoms with E-state index in [1.165, 1.54) is 14.2 Å². The van der Waals surface area contributed by atoms with Gasteiger partial charge in [-0.25, -0.2) is 4.79 Å². The summed E-state index contributed by atoms with van der Waals surface area (Å²) in [6.07, 6.45) is 1.21. The number of ether oxygens (including phenoxy) is 2. The van der Waals surface area contributed by atoms with Gasteiger partial charge in [0.2, 0.25) is 5.91 Å². The van der Waals surface area contributed by atoms with Crippen LogP contribution in [0.2, 0.25) is 0 Å². The van der Waals surface area contributed by atoms with Crippen molar-refractivity contribution >= 4 is 11.9 Å². The molecule has 0 bridgehead atoms. The van der Waals surface area contributed by atoms with Crippen molar-refractivity contribution in [2.24, 2.45) is 11.8 Å². The Balaban J connectivity index is 4.44. The molecule has 0 spiro atoms. The van der Waals surface area contributed by atoms with Gasteiger partial charge >= 0.3 is 5.97 Å². The molecule has 4 atom stereocenters. The molecule has 124 valence electrons. The van der Waals surface area contributed by atoms with Crippen LogP contribution in [0.3, 0.4) is 0 Å². The summed E-state index contributed by atoms with van der Waals surface area (Å²) in [5.74, 6) is -0.903. The molecule has 0 radical (unpaired) electrons. The summed E-state index contributed by atoms with van der Waals surface area (Å²) in [7, 11) is 2.83. The number of nitrogens with one attached hydrogen (secondary N) is 1. The summed E-state index contributed by atoms with van der Waals surface area (Å²) in [5, 5.41) is 12.3. The molecule has 0 aromatic heterocycles. The third-order valence-electron chi connectivity index (χ3n) is 3.71. The molecule has 0 rings (SSSR count). The van der Waals surface area contributed by atoms with Crippen molar-refractivity contribution in [1.82, 2.24) is 5.32 Å². The highest BCUT2D eigenvalue weighted by molar-refractivity contribution is 5.85. The molecule has 6 heteroatoms. The van der Waals surface area contributed by atoms with Gasteiger partial charge in [-0.1, -0.05) is 27.2 Å². The standard InChI is InChI=1S/C15H29NO5/c1-6-10(2)13(15(19)21-5)16-14(18)11(3)7-8-12(17)9-20-4/h10-13,17H,6-9H2,1-5H3,(H,16,18)/t10-,11+,12-,13?/m0/s1. The molecule has 0 aromatic carbocycles. The van der Waals surface area contributed by atoms with Gasteiger partial charge in [-0.15, -0.1) is 0 Å². The van der Waals surface area contributed by atoms with Crippen molar-refractivity contribution < 1.29 is 24.2 Å². The van der Waals surface area contributed by atoms with Crippen LogP contribution in [0.15, 0.2) is 0 Å². The normalized spacial score (nSPS) is 16.7. The molecule has 0 heterocycles. The van der Waals surface area contributed by atoms with Gasteiger partial charge in [-0.05, 0) is 18.8 Å². The number of aliphatic hydroxyl groups is 1. The number of esters is 1. The van der Waals surface area contributed by atoms with Gasteiger partial charge in [0.25, 0.3) is 0 Å². The minimum atomic E-state index is -0.626. The molecule has 6 nitrogen and oxygen atoms in total. The van der Waals surface area contributed by atoms with E-state index >= 15 is 0 Å². The number of rotatable bonds is 10. The highest BCUT2D eigenvalue weighted by atomic mass is 16.5. The van der Waals surface area contributed by atoms with Gasteiger partial charge in [-0.2, -0.15) is 0 Å². The average molecular weight is 303 g/mol. The van der Waals surface area contributed by atoms with Crippen LogP contribution in [-0.2, 0) is 19.1 Å². The van der Waals surface area contributed by atoms with Crippen LogP contribution in [0.1, 0.15) is 40.0 Å². The Labute approximate surface area is 127 Å². The van der Waals surface area contributed by atoms with Gasteiger partial charge in [0.05, 0.1) is 19.8 Å². The SMILES string of the molecule is CC[C@H](C)C(NC(=O)[C@H](C)CC[C@H](O)COC)C(=O)OC. The predicted octanol–water partition coefficient (Wildman–Crippen LogP) is 1.11. The lowest BCUT2D eigenvalue weighted by atomic mass is 9.97. The number of carbonyl (C=O) groups excluding carboxylic acids is 2. The van der Waals surface area contributed by atoms with Crippen LogP contribution in [0.5, 0.6) is 0 Å². The summed E-state index contributed by atoms with van der Waals surface area (Å²) >= 11 is 0. The maximum absolute atomic E-state index is 12.1. The Morgan fingerprint density at radius 2 is 1.81 bits per heavy atom. The second-order valence-electron chi connectivity index (χ2n) is 5.48. The van der Waals surface area contributed by atoms with Crippen molar-refractivity contribution in [2.45, 2.75) is 52.2 Å². The van der Waals surface area contributed by atoms with E-state index in [1.807, 2.05) is 13.8 Å². The Morgan fingerprint density at radius 3 is 2.29 bits per heavy atom. The van der Waals surface area contributed by atoms with Crippen LogP contribution < -0.4 is 5.32 Å². The molecule has 21 heavy (non-hydrogen) atoms. The zero-order valence-corrected chi connectivity index (χ0v) is 13.7. The van der Waals surface area contributed by atoms with Crippen molar-refractivity contribution in [3.63, 3.8) is 0 Å². The van der Waals surface area contributed by atoms with E-state index in [-0.39, 0.29) is 24.3 Å². The Kier molecular flexibility index (Phi) is 9.99. The Morgan fingerprint density at radius 1 is 1.19 bits per heavy atom. The number of amides is 1. The van der Waals surface area contributed by atoms with Crippen molar-refractivity contribution in [2.75, 3.05) is 20.8 Å². The first-order chi connectivity index (χ1) is 9.87. The van der Waals surface area contributed by atoms with Crippen molar-refractivity contribution in [3.05, 3.63) is 0 Å². The van der Waals surface area contributed by atoms with Crippen LogP contribution in [-0.4, -0.2) is 50.0 Å². The van der Waals surface area contributed by atoms with Crippen molar-refractivity contribution in [1.29, 1.82) is 0 Å². The lowest BCUT2D eigenvalue weighted by Gasteiger charge is -2.24. The summed E-state index contributed by atoms with van der Waals surface area (Å²) in [6.45, 7) is 5.89. The number of hydrogen-bond donors (Lipinski definition) is 2. The molecule has 0 saturated carbocycles. The van der Waals surface area contributed by atoms with Gasteiger partial charge in [0.15, 0.2) is 0 Å². The van der Waals surface area contributed by atoms with Crippen molar-refractivity contribution in [3.8, 4) is 0 Å². The number of methoxy groups -OCH3 is 2. The second-order valence-corrected chi connectivity index (χ2v) is 5.48. The summed E-state index contributed by atoms with van der Waals surface area (Å²) in [5.41, 5.74) is 0. The van der Waals surface area contributed by atoms with E-state index in [2.05, 4.69) is 5.32 Å². The third-order valence-corrected chi connectivity index (χ3v) is 3.71. The first kappa shape index (κ1) is 19.9. The van der Waals surface area contributed by atoms with Gasteiger partial charge in [-0.3, -0.25) is 4.79 Å². The topological polar surface area (TPSA) is 84.9 Å². The fourth-order valence-electron chi connectivity index (χ4n) is 1.94. The van der Waals surface area contributed by atoms with Gasteiger partial charge in [0.1, 0.15) is 6.04 Å². The predicted molar refractivity (Wildman–Crippen MR) is 79.7 cm³/mol. The average Bonchev–Trinajstić information content (AvgIpc) is 2.48. The van der Waals surface area contributed by atoms with E-state index < -0.39 is 18.1 Å². The van der Waals surface area contributed by atoms with Crippen LogP contribution in [0, 0.1) is 11.8 Å². The van der Waals surface area contributed by atoms with Crippen LogP contribution >= 0.6 is 0 Å². The molecular weight excluding hydrogens is 274 g/mol. The fourth-order valence-corrected chi connectivity index (χ4v) is 1.94. The largest absolute Gasteiger partial charge is 0.467 e. The zero-order chi connectivity index (χ0) is 16.4. The lowest BCUT2D eigenvalue weighted by molar-refractivity contribution is -0.147. The first-order valence-electron chi connectivity index (χ1n) is 7.42. The van der Waals surface area contributed by atoms with Crippen LogP contribution in [0.25, 0.3) is 0 Å². The molecular formula is C15H29NO5. The van der Waals surface area contributed by atoms with E-state index in [9.17, 15) is 14.7 Å². The van der Waals surface area contributed by atoms with E-state index in [4.69, 9.17) is 9.47 Å². The number of carbonyl (C=O) groups is 2. The lowest BCUT2D eigenvalue weighted by Crippen LogP contribution is -2.47. The minimum absolute atomic E-state index is 0.00711. The maximum atomic E-state index is 12.1. The number of aliphatic hydroxyl groups excluding tert-OH is 1. The minimum Gasteiger partial charge on any atom is -0.467 e. The molecule has 0 aliphatic heterocycles. The molecule has 0 saturated heterocycles. The summed E-state index contributed by atoms with van der Waals surface area (Å²) < 4.78 is 9.58. The molecule has 2 N–H and O–H groups in total. The Hall–Kier alpha value is -1.14. The zero-order valence-electron chi connectivity index (χ0n) is 13.7. The number of hydrogen-bond acceptors (Lipinski definition) is 5. The highest BCUT2D eigenvalue weighted by Gasteiger charge is 2.28. The quantitative estimate of drug-likeness (QED) is 0.591. The molecule has 0 fully saturated rings. The first-order valence-corrected chi connectivity index (χ1v) is 7.42. The van der Waals surface area contributed by atoms with E-state index in [0.29, 0.717) is 12.8 Å². The van der Waals surface area contributed by atoms with Gasteiger partial charge < -0.3 is 19.9 Å². The molecule has 0 aliphatic rings. The monoisotopic (exact) mass is 303 g/mol. The smallest absolute Gasteiger partial charge is 0.328 e. The molecule has 1 amide bonds. The van der Waals surface area contributed by atoms with Crippen LogP contribution in [0.4, 0.5) is 0 Å². The molecule has 0 aromatic rings. The Bertz CT molecular complexity index is 321. The van der Waals surface area contributed by atoms with Gasteiger partial charge in [0, 0.05) is 13.0 Å². The molecule has 1 unspecified atom stereocenters. The fraction of sp³-hybridized carbons (Fsp3) is 0.867. The maximum Gasteiger partial charge on any atom is 0.328 e. The van der Waals surface area contributed by atoms with E-state index in [0.717, 1.165) is 6.42 Å². The third kappa shape index (κ3) is 7.43. The summed E-state index contributed by atoms with van der Waals surface area (Å²) in [6, 6.07) is -0.626.